The maximum Gasteiger partial charge on any atom is 0.191 e. The largest absolute Gasteiger partial charge is 0.354 e. The van der Waals surface area contributed by atoms with Gasteiger partial charge in [0.2, 0.25) is 0 Å². The van der Waals surface area contributed by atoms with Gasteiger partial charge in [-0.1, -0.05) is 13.8 Å². The van der Waals surface area contributed by atoms with E-state index in [9.17, 15) is 0 Å². The summed E-state index contributed by atoms with van der Waals surface area (Å²) < 4.78 is 0. The number of nitrogens with one attached hydrogen (secondary N) is 2. The molecule has 6 heteroatoms. The fourth-order valence-electron chi connectivity index (χ4n) is 1.35. The zero-order valence-electron chi connectivity index (χ0n) is 12.3. The van der Waals surface area contributed by atoms with Gasteiger partial charge in [0.05, 0.1) is 12.2 Å². The predicted octanol–water partition coefficient (Wildman–Crippen LogP) is 2.11. The summed E-state index contributed by atoms with van der Waals surface area (Å²) in [7, 11) is 1.77. The number of halogens is 1. The summed E-state index contributed by atoms with van der Waals surface area (Å²) in [6, 6.07) is 2.28. The van der Waals surface area contributed by atoms with Gasteiger partial charge >= 0.3 is 0 Å². The SMILES string of the molecule is CN=C(NCc1ccnc(C)n1)NC(C)C(C)C.I. The van der Waals surface area contributed by atoms with Crippen LogP contribution in [-0.2, 0) is 6.54 Å². The van der Waals surface area contributed by atoms with Crippen molar-refractivity contribution in [3.8, 4) is 0 Å². The number of guanidine groups is 1. The van der Waals surface area contributed by atoms with Gasteiger partial charge in [-0.3, -0.25) is 4.99 Å². The van der Waals surface area contributed by atoms with Crippen LogP contribution < -0.4 is 10.6 Å². The van der Waals surface area contributed by atoms with Crippen LogP contribution in [0.5, 0.6) is 0 Å². The summed E-state index contributed by atoms with van der Waals surface area (Å²) in [5.41, 5.74) is 0.961. The van der Waals surface area contributed by atoms with Gasteiger partial charge in [-0.2, -0.15) is 0 Å². The van der Waals surface area contributed by atoms with E-state index in [4.69, 9.17) is 0 Å². The first-order valence-electron chi connectivity index (χ1n) is 6.28. The van der Waals surface area contributed by atoms with E-state index < -0.39 is 0 Å². The first-order valence-corrected chi connectivity index (χ1v) is 6.28. The molecule has 0 saturated heterocycles. The molecule has 1 aromatic heterocycles. The highest BCUT2D eigenvalue weighted by Crippen LogP contribution is 1.99. The van der Waals surface area contributed by atoms with Crippen molar-refractivity contribution in [2.75, 3.05) is 7.05 Å². The molecular formula is C13H24IN5. The molecule has 0 spiro atoms. The summed E-state index contributed by atoms with van der Waals surface area (Å²) in [5.74, 6) is 2.14. The molecule has 1 atom stereocenters. The fourth-order valence-corrected chi connectivity index (χ4v) is 1.35. The van der Waals surface area contributed by atoms with Crippen LogP contribution in [0.15, 0.2) is 17.3 Å². The third-order valence-corrected chi connectivity index (χ3v) is 2.86. The molecule has 1 unspecified atom stereocenters. The highest BCUT2D eigenvalue weighted by molar-refractivity contribution is 14.0. The Bertz CT molecular complexity index is 406. The second kappa shape index (κ2) is 9.06. The molecule has 0 saturated carbocycles. The summed E-state index contributed by atoms with van der Waals surface area (Å²) in [5, 5.41) is 6.59. The van der Waals surface area contributed by atoms with Crippen LogP contribution in [0.4, 0.5) is 0 Å². The highest BCUT2D eigenvalue weighted by Gasteiger charge is 2.08. The van der Waals surface area contributed by atoms with Crippen molar-refractivity contribution in [3.05, 3.63) is 23.8 Å². The second-order valence-corrected chi connectivity index (χ2v) is 4.70. The Balaban J connectivity index is 0.00000324. The van der Waals surface area contributed by atoms with Gasteiger partial charge in [-0.15, -0.1) is 24.0 Å². The molecule has 0 amide bonds. The number of hydrogen-bond acceptors (Lipinski definition) is 3. The summed E-state index contributed by atoms with van der Waals surface area (Å²) >= 11 is 0. The van der Waals surface area contributed by atoms with Crippen molar-refractivity contribution in [2.24, 2.45) is 10.9 Å². The lowest BCUT2D eigenvalue weighted by Gasteiger charge is -2.20. The van der Waals surface area contributed by atoms with E-state index in [1.54, 1.807) is 13.2 Å². The van der Waals surface area contributed by atoms with Gasteiger partial charge < -0.3 is 10.6 Å². The van der Waals surface area contributed by atoms with E-state index >= 15 is 0 Å². The van der Waals surface area contributed by atoms with Gasteiger partial charge in [-0.05, 0) is 25.8 Å². The minimum Gasteiger partial charge on any atom is -0.354 e. The molecule has 0 aliphatic heterocycles. The van der Waals surface area contributed by atoms with Crippen LogP contribution in [-0.4, -0.2) is 29.0 Å². The zero-order valence-corrected chi connectivity index (χ0v) is 14.6. The van der Waals surface area contributed by atoms with Gasteiger partial charge in [-0.25, -0.2) is 9.97 Å². The number of rotatable bonds is 4. The minimum absolute atomic E-state index is 0. The van der Waals surface area contributed by atoms with Crippen LogP contribution >= 0.6 is 24.0 Å². The maximum absolute atomic E-state index is 4.34. The third-order valence-electron chi connectivity index (χ3n) is 2.86. The van der Waals surface area contributed by atoms with E-state index in [0.29, 0.717) is 18.5 Å². The maximum atomic E-state index is 4.34. The van der Waals surface area contributed by atoms with Gasteiger partial charge in [0.1, 0.15) is 5.82 Å². The molecule has 0 aliphatic rings. The molecule has 0 radical (unpaired) electrons. The average molecular weight is 377 g/mol. The Morgan fingerprint density at radius 1 is 1.37 bits per heavy atom. The Hall–Kier alpha value is -0.920. The van der Waals surface area contributed by atoms with Crippen molar-refractivity contribution in [1.29, 1.82) is 0 Å². The van der Waals surface area contributed by atoms with Crippen LogP contribution in [0.2, 0.25) is 0 Å². The van der Waals surface area contributed by atoms with E-state index in [0.717, 1.165) is 17.5 Å². The van der Waals surface area contributed by atoms with Crippen molar-refractivity contribution < 1.29 is 0 Å². The number of aryl methyl sites for hydroxylation is 1. The van der Waals surface area contributed by atoms with Crippen LogP contribution in [0, 0.1) is 12.8 Å². The molecular weight excluding hydrogens is 353 g/mol. The summed E-state index contributed by atoms with van der Waals surface area (Å²) in [6.45, 7) is 9.04. The lowest BCUT2D eigenvalue weighted by Crippen LogP contribution is -2.44. The lowest BCUT2D eigenvalue weighted by molar-refractivity contribution is 0.480. The number of hydrogen-bond donors (Lipinski definition) is 2. The smallest absolute Gasteiger partial charge is 0.191 e. The second-order valence-electron chi connectivity index (χ2n) is 4.70. The summed E-state index contributed by atoms with van der Waals surface area (Å²) in [6.07, 6.45) is 1.77. The third kappa shape index (κ3) is 6.70. The van der Waals surface area contributed by atoms with E-state index in [-0.39, 0.29) is 24.0 Å². The Morgan fingerprint density at radius 2 is 2.05 bits per heavy atom. The number of aliphatic imine (C=N–C) groups is 1. The number of aromatic nitrogens is 2. The van der Waals surface area contributed by atoms with Gasteiger partial charge in [0.15, 0.2) is 5.96 Å². The normalized spacial score (nSPS) is 12.8. The molecule has 1 rings (SSSR count). The quantitative estimate of drug-likeness (QED) is 0.479. The Labute approximate surface area is 132 Å². The van der Waals surface area contributed by atoms with Crippen molar-refractivity contribution >= 4 is 29.9 Å². The van der Waals surface area contributed by atoms with Crippen LogP contribution in [0.3, 0.4) is 0 Å². The highest BCUT2D eigenvalue weighted by atomic mass is 127. The van der Waals surface area contributed by atoms with Crippen LogP contribution in [0.25, 0.3) is 0 Å². The first-order chi connectivity index (χ1) is 8.52. The average Bonchev–Trinajstić information content (AvgIpc) is 2.34. The molecule has 2 N–H and O–H groups in total. The monoisotopic (exact) mass is 377 g/mol. The molecule has 0 fully saturated rings. The lowest BCUT2D eigenvalue weighted by atomic mass is 10.1. The first kappa shape index (κ1) is 18.1. The molecule has 0 aromatic carbocycles. The fraction of sp³-hybridized carbons (Fsp3) is 0.615. The predicted molar refractivity (Wildman–Crippen MR) is 89.8 cm³/mol. The van der Waals surface area contributed by atoms with Crippen LogP contribution in [0.1, 0.15) is 32.3 Å². The minimum atomic E-state index is 0. The Kier molecular flexibility index (Phi) is 8.62. The van der Waals surface area contributed by atoms with Gasteiger partial charge in [0, 0.05) is 19.3 Å². The molecule has 0 bridgehead atoms. The van der Waals surface area contributed by atoms with Gasteiger partial charge in [0.25, 0.3) is 0 Å². The number of nitrogens with zero attached hydrogens (tertiary/aromatic N) is 3. The molecule has 108 valence electrons. The Morgan fingerprint density at radius 3 is 2.58 bits per heavy atom. The molecule has 19 heavy (non-hydrogen) atoms. The zero-order chi connectivity index (χ0) is 13.5. The van der Waals surface area contributed by atoms with E-state index in [1.165, 1.54) is 0 Å². The molecule has 1 heterocycles. The standard InChI is InChI=1S/C13H23N5.HI/c1-9(2)10(3)17-13(14-5)16-8-12-6-7-15-11(4)18-12;/h6-7,9-10H,8H2,1-5H3,(H2,14,16,17);1H. The van der Waals surface area contributed by atoms with Crippen molar-refractivity contribution in [2.45, 2.75) is 40.3 Å². The van der Waals surface area contributed by atoms with Crippen molar-refractivity contribution in [1.82, 2.24) is 20.6 Å². The van der Waals surface area contributed by atoms with E-state index in [1.807, 2.05) is 13.0 Å². The van der Waals surface area contributed by atoms with Crippen molar-refractivity contribution in [3.63, 3.8) is 0 Å². The summed E-state index contributed by atoms with van der Waals surface area (Å²) in [4.78, 5) is 12.6. The topological polar surface area (TPSA) is 62.2 Å². The molecule has 1 aromatic rings. The van der Waals surface area contributed by atoms with E-state index in [2.05, 4.69) is 46.4 Å². The molecule has 5 nitrogen and oxygen atoms in total. The molecule has 0 aliphatic carbocycles.